The van der Waals surface area contributed by atoms with Gasteiger partial charge in [-0.3, -0.25) is 4.79 Å². The summed E-state index contributed by atoms with van der Waals surface area (Å²) in [6.07, 6.45) is -4.80. The largest absolute Gasteiger partial charge is 0.573 e. The van der Waals surface area contributed by atoms with Gasteiger partial charge in [-0.15, -0.1) is 13.2 Å². The number of rotatable bonds is 3. The maximum absolute atomic E-state index is 12.3. The summed E-state index contributed by atoms with van der Waals surface area (Å²) < 4.78 is 64.8. The minimum absolute atomic E-state index is 0.0248. The molecule has 2 aliphatic heterocycles. The monoisotopic (exact) mass is 422 g/mol. The third-order valence-corrected chi connectivity index (χ3v) is 7.32. The molecule has 27 heavy (non-hydrogen) atoms. The number of nitrogens with zero attached hydrogens (tertiary/aromatic N) is 2. The van der Waals surface area contributed by atoms with Gasteiger partial charge in [-0.05, 0) is 24.3 Å². The number of carbonyl (C=O) groups excluding carboxylic acids is 1. The van der Waals surface area contributed by atoms with Crippen LogP contribution in [0.1, 0.15) is 13.8 Å². The highest BCUT2D eigenvalue weighted by molar-refractivity contribution is 8.16. The van der Waals surface area contributed by atoms with Crippen LogP contribution in [0, 0.1) is 5.92 Å². The quantitative estimate of drug-likeness (QED) is 0.746. The highest BCUT2D eigenvalue weighted by atomic mass is 32.2. The average molecular weight is 422 g/mol. The van der Waals surface area contributed by atoms with Crippen LogP contribution >= 0.6 is 11.8 Å². The summed E-state index contributed by atoms with van der Waals surface area (Å²) >= 11 is 1.21. The van der Waals surface area contributed by atoms with Crippen molar-refractivity contribution in [3.8, 4) is 5.75 Å². The van der Waals surface area contributed by atoms with E-state index in [4.69, 9.17) is 0 Å². The van der Waals surface area contributed by atoms with Crippen LogP contribution in [0.4, 0.5) is 18.9 Å². The number of aliphatic imine (C=N–C) groups is 1. The van der Waals surface area contributed by atoms with Crippen molar-refractivity contribution in [1.29, 1.82) is 0 Å². The van der Waals surface area contributed by atoms with E-state index in [2.05, 4.69) is 9.73 Å². The van der Waals surface area contributed by atoms with Crippen LogP contribution in [-0.2, 0) is 14.6 Å². The van der Waals surface area contributed by atoms with Gasteiger partial charge in [0.25, 0.3) is 5.91 Å². The zero-order valence-electron chi connectivity index (χ0n) is 14.4. The lowest BCUT2D eigenvalue weighted by Gasteiger charge is -2.24. The SMILES string of the molecule is CC(C)C(=O)N=C1S[C@H]2CS(=O)(=O)C[C@@H]2N1c1ccc(OC(F)(F)F)cc1. The first-order valence-electron chi connectivity index (χ1n) is 8.10. The lowest BCUT2D eigenvalue weighted by molar-refractivity contribution is -0.274. The number of hydrogen-bond acceptors (Lipinski definition) is 5. The van der Waals surface area contributed by atoms with Crippen molar-refractivity contribution in [1.82, 2.24) is 0 Å². The van der Waals surface area contributed by atoms with E-state index in [1.54, 1.807) is 18.7 Å². The fraction of sp³-hybridized carbons (Fsp3) is 0.500. The van der Waals surface area contributed by atoms with Gasteiger partial charge >= 0.3 is 6.36 Å². The van der Waals surface area contributed by atoms with Crippen molar-refractivity contribution >= 4 is 38.4 Å². The minimum atomic E-state index is -4.80. The normalized spacial score (nSPS) is 25.9. The second-order valence-electron chi connectivity index (χ2n) is 6.60. The van der Waals surface area contributed by atoms with E-state index in [-0.39, 0.29) is 34.3 Å². The highest BCUT2D eigenvalue weighted by Crippen LogP contribution is 2.41. The molecule has 2 saturated heterocycles. The van der Waals surface area contributed by atoms with E-state index in [0.717, 1.165) is 12.1 Å². The molecule has 0 aliphatic carbocycles. The second-order valence-corrected chi connectivity index (χ2v) is 9.96. The van der Waals surface area contributed by atoms with Crippen molar-refractivity contribution in [2.75, 3.05) is 16.4 Å². The van der Waals surface area contributed by atoms with E-state index in [1.807, 2.05) is 0 Å². The number of alkyl halides is 3. The van der Waals surface area contributed by atoms with E-state index >= 15 is 0 Å². The zero-order chi connectivity index (χ0) is 20.0. The molecule has 0 aromatic heterocycles. The Morgan fingerprint density at radius 2 is 1.89 bits per heavy atom. The molecular formula is C16H17F3N2O4S2. The molecule has 3 rings (SSSR count). The standard InChI is InChI=1S/C16H17F3N2O4S2/c1-9(2)14(22)20-15-21(12-7-27(23,24)8-13(12)26-15)10-3-5-11(6-4-10)25-16(17,18)19/h3-6,9,12-13H,7-8H2,1-2H3/t12-,13-/m0/s1. The van der Waals surface area contributed by atoms with Crippen LogP contribution in [0.15, 0.2) is 29.3 Å². The van der Waals surface area contributed by atoms with Crippen LogP contribution in [0.2, 0.25) is 0 Å². The summed E-state index contributed by atoms with van der Waals surface area (Å²) in [7, 11) is -3.22. The minimum Gasteiger partial charge on any atom is -0.406 e. The third-order valence-electron chi connectivity index (χ3n) is 4.11. The number of thioether (sulfide) groups is 1. The van der Waals surface area contributed by atoms with Gasteiger partial charge in [0.05, 0.1) is 17.5 Å². The van der Waals surface area contributed by atoms with Gasteiger partial charge < -0.3 is 9.64 Å². The number of benzene rings is 1. The Labute approximate surface area is 158 Å². The summed E-state index contributed by atoms with van der Waals surface area (Å²) in [5.74, 6) is -1.18. The molecule has 1 aromatic carbocycles. The number of amidine groups is 1. The highest BCUT2D eigenvalue weighted by Gasteiger charge is 2.49. The number of hydrogen-bond donors (Lipinski definition) is 0. The average Bonchev–Trinajstić information content (AvgIpc) is 2.97. The van der Waals surface area contributed by atoms with Crippen molar-refractivity contribution in [3.63, 3.8) is 0 Å². The molecule has 0 N–H and O–H groups in total. The number of ether oxygens (including phenoxy) is 1. The van der Waals surface area contributed by atoms with E-state index in [1.165, 1.54) is 23.9 Å². The van der Waals surface area contributed by atoms with Gasteiger partial charge in [0, 0.05) is 16.9 Å². The molecule has 2 atom stereocenters. The molecule has 1 aromatic rings. The number of fused-ring (bicyclic) bond motifs is 1. The number of carbonyl (C=O) groups is 1. The predicted octanol–water partition coefficient (Wildman–Crippen LogP) is 2.84. The molecule has 0 radical (unpaired) electrons. The first kappa shape index (κ1) is 20.0. The molecule has 148 valence electrons. The second kappa shape index (κ2) is 7.01. The summed E-state index contributed by atoms with van der Waals surface area (Å²) in [6.45, 7) is 3.40. The Kier molecular flexibility index (Phi) is 5.19. The van der Waals surface area contributed by atoms with E-state index in [0.29, 0.717) is 10.9 Å². The van der Waals surface area contributed by atoms with Crippen molar-refractivity contribution in [2.45, 2.75) is 31.5 Å². The molecule has 0 bridgehead atoms. The van der Waals surface area contributed by atoms with Crippen LogP contribution in [0.3, 0.4) is 0 Å². The maximum atomic E-state index is 12.3. The molecule has 1 amide bonds. The fourth-order valence-electron chi connectivity index (χ4n) is 2.90. The van der Waals surface area contributed by atoms with Gasteiger partial charge in [0.15, 0.2) is 15.0 Å². The first-order chi connectivity index (χ1) is 12.5. The van der Waals surface area contributed by atoms with Crippen LogP contribution < -0.4 is 9.64 Å². The van der Waals surface area contributed by atoms with Crippen molar-refractivity contribution < 1.29 is 31.1 Å². The lowest BCUT2D eigenvalue weighted by Crippen LogP contribution is -2.37. The number of halogens is 3. The first-order valence-corrected chi connectivity index (χ1v) is 10.8. The van der Waals surface area contributed by atoms with Crippen LogP contribution in [0.25, 0.3) is 0 Å². The van der Waals surface area contributed by atoms with Gasteiger partial charge in [0.1, 0.15) is 5.75 Å². The number of sulfone groups is 1. The lowest BCUT2D eigenvalue weighted by atomic mass is 10.2. The molecular weight excluding hydrogens is 405 g/mol. The number of amides is 1. The molecule has 0 unspecified atom stereocenters. The summed E-state index contributed by atoms with van der Waals surface area (Å²) in [5.41, 5.74) is 0.455. The summed E-state index contributed by atoms with van der Waals surface area (Å²) in [4.78, 5) is 17.8. The van der Waals surface area contributed by atoms with Gasteiger partial charge in [-0.2, -0.15) is 4.99 Å². The Hall–Kier alpha value is -1.75. The van der Waals surface area contributed by atoms with E-state index in [9.17, 15) is 26.4 Å². The molecule has 11 heteroatoms. The summed E-state index contributed by atoms with van der Waals surface area (Å²) in [5, 5.41) is 0.0860. The molecule has 0 saturated carbocycles. The Balaban J connectivity index is 1.93. The van der Waals surface area contributed by atoms with Crippen molar-refractivity contribution in [3.05, 3.63) is 24.3 Å². The Morgan fingerprint density at radius 3 is 2.44 bits per heavy atom. The maximum Gasteiger partial charge on any atom is 0.573 e. The number of anilines is 1. The Morgan fingerprint density at radius 1 is 1.26 bits per heavy atom. The molecule has 2 aliphatic rings. The van der Waals surface area contributed by atoms with Gasteiger partial charge in [-0.25, -0.2) is 8.42 Å². The van der Waals surface area contributed by atoms with Gasteiger partial charge in [-0.1, -0.05) is 25.6 Å². The topological polar surface area (TPSA) is 76.0 Å². The fourth-order valence-corrected chi connectivity index (χ4v) is 6.82. The molecule has 2 heterocycles. The zero-order valence-corrected chi connectivity index (χ0v) is 16.1. The van der Waals surface area contributed by atoms with Gasteiger partial charge in [0.2, 0.25) is 0 Å². The van der Waals surface area contributed by atoms with E-state index < -0.39 is 22.2 Å². The molecule has 6 nitrogen and oxygen atoms in total. The third kappa shape index (κ3) is 4.57. The Bertz CT molecular complexity index is 867. The van der Waals surface area contributed by atoms with Crippen LogP contribution in [-0.4, -0.2) is 48.7 Å². The van der Waals surface area contributed by atoms with Crippen molar-refractivity contribution in [2.24, 2.45) is 10.9 Å². The smallest absolute Gasteiger partial charge is 0.406 e. The summed E-state index contributed by atoms with van der Waals surface area (Å²) in [6, 6.07) is 4.65. The molecule has 2 fully saturated rings. The predicted molar refractivity (Wildman–Crippen MR) is 96.7 cm³/mol. The van der Waals surface area contributed by atoms with Crippen LogP contribution in [0.5, 0.6) is 5.75 Å². The molecule has 0 spiro atoms.